The Bertz CT molecular complexity index is 482. The minimum Gasteiger partial charge on any atom is -0.462 e. The Kier molecular flexibility index (Phi) is 8.44. The van der Waals surface area contributed by atoms with Gasteiger partial charge in [-0.2, -0.15) is 0 Å². The summed E-state index contributed by atoms with van der Waals surface area (Å²) in [5, 5.41) is 10.0. The predicted octanol–water partition coefficient (Wildman–Crippen LogP) is 2.40. The lowest BCUT2D eigenvalue weighted by molar-refractivity contribution is -0.384. The number of rotatable bonds is 2. The van der Waals surface area contributed by atoms with Crippen molar-refractivity contribution in [2.24, 2.45) is 0 Å². The number of carbonyl (C=O) groups excluding carboxylic acids is 2. The fourth-order valence-corrected chi connectivity index (χ4v) is 1.12. The van der Waals surface area contributed by atoms with Gasteiger partial charge >= 0.3 is 0 Å². The van der Waals surface area contributed by atoms with E-state index in [-0.39, 0.29) is 17.2 Å². The molecule has 0 radical (unpaired) electrons. The van der Waals surface area contributed by atoms with E-state index in [1.54, 1.807) is 23.1 Å². The molecule has 0 saturated carbocycles. The van der Waals surface area contributed by atoms with Gasteiger partial charge in [-0.05, 0) is 20.8 Å². The van der Waals surface area contributed by atoms with Crippen LogP contribution in [0.1, 0.15) is 27.2 Å². The van der Waals surface area contributed by atoms with Crippen LogP contribution in [0.4, 0.5) is 5.69 Å². The molecule has 0 spiro atoms. The number of nitrogens with zero attached hydrogens (tertiary/aromatic N) is 2. The Hall–Kier alpha value is -2.44. The zero-order valence-electron chi connectivity index (χ0n) is 13.3. The molecule has 1 saturated heterocycles. The number of β-lactam (4-membered cyclic amide) rings is 1. The van der Waals surface area contributed by atoms with Crippen molar-refractivity contribution >= 4 is 18.1 Å². The third-order valence-corrected chi connectivity index (χ3v) is 2.46. The second-order valence-corrected chi connectivity index (χ2v) is 5.48. The summed E-state index contributed by atoms with van der Waals surface area (Å²) in [6.45, 7) is 6.88. The number of hydrogen-bond donors (Lipinski definition) is 0. The molecule has 1 fully saturated rings. The first kappa shape index (κ1) is 19.6. The van der Waals surface area contributed by atoms with Crippen LogP contribution in [0.2, 0.25) is 0 Å². The number of para-hydroxylation sites is 1. The van der Waals surface area contributed by atoms with Crippen molar-refractivity contribution in [2.75, 3.05) is 13.6 Å². The fourth-order valence-electron chi connectivity index (χ4n) is 1.12. The second kappa shape index (κ2) is 9.49. The Morgan fingerprint density at radius 1 is 1.27 bits per heavy atom. The van der Waals surface area contributed by atoms with Crippen LogP contribution < -0.4 is 0 Å². The molecule has 0 bridgehead atoms. The first-order valence-electron chi connectivity index (χ1n) is 6.72. The van der Waals surface area contributed by atoms with Gasteiger partial charge < -0.3 is 9.64 Å². The number of carbonyl (C=O) groups is 2. The van der Waals surface area contributed by atoms with Gasteiger partial charge in [0.15, 0.2) is 0 Å². The summed E-state index contributed by atoms with van der Waals surface area (Å²) in [7, 11) is 1.81. The molecule has 22 heavy (non-hydrogen) atoms. The maximum Gasteiger partial charge on any atom is 0.293 e. The van der Waals surface area contributed by atoms with E-state index < -0.39 is 4.92 Å². The highest BCUT2D eigenvalue weighted by Gasteiger charge is 2.17. The second-order valence-electron chi connectivity index (χ2n) is 5.48. The highest BCUT2D eigenvalue weighted by molar-refractivity contribution is 5.81. The zero-order chi connectivity index (χ0) is 17.2. The van der Waals surface area contributed by atoms with E-state index >= 15 is 0 Å². The van der Waals surface area contributed by atoms with E-state index in [4.69, 9.17) is 0 Å². The molecule has 1 aromatic rings. The van der Waals surface area contributed by atoms with E-state index in [0.29, 0.717) is 6.47 Å². The minimum absolute atomic E-state index is 0.137. The maximum absolute atomic E-state index is 10.2. The summed E-state index contributed by atoms with van der Waals surface area (Å²) >= 11 is 0. The third kappa shape index (κ3) is 9.46. The number of amides is 1. The molecule has 7 nitrogen and oxygen atoms in total. The van der Waals surface area contributed by atoms with Gasteiger partial charge in [-0.1, -0.05) is 18.2 Å². The molecule has 7 heteroatoms. The molecular weight excluding hydrogens is 288 g/mol. The number of benzene rings is 1. The predicted molar refractivity (Wildman–Crippen MR) is 82.3 cm³/mol. The standard InChI is InChI=1S/C6H5NO2.C5H10O2.C4H7NO/c8-7(9)6-4-2-1-3-5-6;1-5(2,3)7-4-6;1-5-3-2-4(5)6/h1-5H;4H,1-3H3;2-3H2,1H3. The van der Waals surface area contributed by atoms with Crippen molar-refractivity contribution in [1.29, 1.82) is 0 Å². The van der Waals surface area contributed by atoms with Crippen molar-refractivity contribution < 1.29 is 19.2 Å². The molecule has 0 aromatic heterocycles. The summed E-state index contributed by atoms with van der Waals surface area (Å²) in [5.74, 6) is 0.273. The van der Waals surface area contributed by atoms with Gasteiger partial charge in [-0.25, -0.2) is 0 Å². The molecule has 1 aromatic carbocycles. The first-order chi connectivity index (χ1) is 10.2. The number of nitro benzene ring substituents is 1. The molecule has 0 atom stereocenters. The largest absolute Gasteiger partial charge is 0.462 e. The summed E-state index contributed by atoms with van der Waals surface area (Å²) in [5.41, 5.74) is -0.181. The molecule has 122 valence electrons. The maximum atomic E-state index is 10.2. The average molecular weight is 310 g/mol. The van der Waals surface area contributed by atoms with Crippen LogP contribution in [-0.4, -0.2) is 41.4 Å². The van der Waals surface area contributed by atoms with E-state index in [0.717, 1.165) is 13.0 Å². The van der Waals surface area contributed by atoms with Gasteiger partial charge in [-0.15, -0.1) is 0 Å². The molecule has 1 amide bonds. The van der Waals surface area contributed by atoms with Crippen LogP contribution in [0.3, 0.4) is 0 Å². The molecule has 1 aliphatic rings. The number of non-ortho nitro benzene ring substituents is 1. The quantitative estimate of drug-likeness (QED) is 0.362. The lowest BCUT2D eigenvalue weighted by Crippen LogP contribution is -2.39. The summed E-state index contributed by atoms with van der Waals surface area (Å²) < 4.78 is 4.55. The van der Waals surface area contributed by atoms with Crippen LogP contribution in [0.5, 0.6) is 0 Å². The van der Waals surface area contributed by atoms with E-state index in [2.05, 4.69) is 4.74 Å². The fraction of sp³-hybridized carbons (Fsp3) is 0.467. The van der Waals surface area contributed by atoms with Crippen LogP contribution in [0.25, 0.3) is 0 Å². The van der Waals surface area contributed by atoms with Gasteiger partial charge in [-0.3, -0.25) is 19.7 Å². The van der Waals surface area contributed by atoms with Crippen molar-refractivity contribution in [3.8, 4) is 0 Å². The number of ether oxygens (including phenoxy) is 1. The molecule has 1 aliphatic heterocycles. The van der Waals surface area contributed by atoms with Crippen LogP contribution >= 0.6 is 0 Å². The normalized spacial score (nSPS) is 12.7. The molecular formula is C15H22N2O5. The Morgan fingerprint density at radius 3 is 1.91 bits per heavy atom. The summed E-state index contributed by atoms with van der Waals surface area (Å²) in [4.78, 5) is 31.1. The highest BCUT2D eigenvalue weighted by Crippen LogP contribution is 2.06. The van der Waals surface area contributed by atoms with Crippen LogP contribution in [-0.2, 0) is 14.3 Å². The lowest BCUT2D eigenvalue weighted by Gasteiger charge is -2.24. The monoisotopic (exact) mass is 310 g/mol. The Morgan fingerprint density at radius 2 is 1.77 bits per heavy atom. The minimum atomic E-state index is -0.417. The third-order valence-electron chi connectivity index (χ3n) is 2.46. The van der Waals surface area contributed by atoms with E-state index in [1.165, 1.54) is 12.1 Å². The van der Waals surface area contributed by atoms with Crippen molar-refractivity contribution in [3.63, 3.8) is 0 Å². The van der Waals surface area contributed by atoms with Crippen LogP contribution in [0.15, 0.2) is 30.3 Å². The SMILES string of the molecule is CC(C)(C)OC=O.CN1CCC1=O.O=[N+]([O-])c1ccccc1. The van der Waals surface area contributed by atoms with Crippen LogP contribution in [0, 0.1) is 10.1 Å². The van der Waals surface area contributed by atoms with Crippen molar-refractivity contribution in [1.82, 2.24) is 4.90 Å². The molecule has 0 N–H and O–H groups in total. The van der Waals surface area contributed by atoms with E-state index in [9.17, 15) is 19.7 Å². The summed E-state index contributed by atoms with van der Waals surface area (Å²) in [6, 6.07) is 7.93. The number of nitro groups is 1. The molecule has 0 aliphatic carbocycles. The lowest BCUT2D eigenvalue weighted by atomic mass is 10.2. The number of likely N-dealkylation sites (tertiary alicyclic amines) is 1. The summed E-state index contributed by atoms with van der Waals surface area (Å²) in [6.07, 6.45) is 0.760. The van der Waals surface area contributed by atoms with Gasteiger partial charge in [0.1, 0.15) is 5.60 Å². The smallest absolute Gasteiger partial charge is 0.293 e. The van der Waals surface area contributed by atoms with Gasteiger partial charge in [0, 0.05) is 32.1 Å². The van der Waals surface area contributed by atoms with Gasteiger partial charge in [0.2, 0.25) is 5.91 Å². The molecule has 1 heterocycles. The van der Waals surface area contributed by atoms with Crippen molar-refractivity contribution in [2.45, 2.75) is 32.8 Å². The average Bonchev–Trinajstić information content (AvgIpc) is 2.46. The topological polar surface area (TPSA) is 89.8 Å². The van der Waals surface area contributed by atoms with E-state index in [1.807, 2.05) is 27.8 Å². The molecule has 0 unspecified atom stereocenters. The zero-order valence-corrected chi connectivity index (χ0v) is 13.3. The highest BCUT2D eigenvalue weighted by atomic mass is 16.6. The Balaban J connectivity index is 0.000000308. The van der Waals surface area contributed by atoms with Gasteiger partial charge in [0.05, 0.1) is 4.92 Å². The van der Waals surface area contributed by atoms with Crippen molar-refractivity contribution in [3.05, 3.63) is 40.4 Å². The van der Waals surface area contributed by atoms with Gasteiger partial charge in [0.25, 0.3) is 12.2 Å². The molecule has 2 rings (SSSR count). The number of hydrogen-bond acceptors (Lipinski definition) is 5. The first-order valence-corrected chi connectivity index (χ1v) is 6.72. The Labute approximate surface area is 130 Å².